The van der Waals surface area contributed by atoms with Crippen LogP contribution in [0.2, 0.25) is 0 Å². The lowest BCUT2D eigenvalue weighted by atomic mass is 9.74. The average Bonchev–Trinajstić information content (AvgIpc) is 2.84. The Morgan fingerprint density at radius 1 is 1.56 bits per heavy atom. The maximum Gasteiger partial charge on any atom is 0.0669 e. The summed E-state index contributed by atoms with van der Waals surface area (Å²) < 4.78 is 3.93. The van der Waals surface area contributed by atoms with Gasteiger partial charge >= 0.3 is 0 Å². The third kappa shape index (κ3) is 2.42. The predicted octanol–water partition coefficient (Wildman–Crippen LogP) is 2.26. The van der Waals surface area contributed by atoms with Crippen molar-refractivity contribution in [2.24, 2.45) is 17.7 Å². The van der Waals surface area contributed by atoms with Gasteiger partial charge in [-0.2, -0.15) is 0 Å². The van der Waals surface area contributed by atoms with Crippen molar-refractivity contribution in [3.63, 3.8) is 0 Å². The normalized spacial score (nSPS) is 27.9. The number of nitrogens with one attached hydrogen (secondary N) is 1. The van der Waals surface area contributed by atoms with Gasteiger partial charge in [-0.15, -0.1) is 5.10 Å². The highest BCUT2D eigenvalue weighted by Gasteiger charge is 2.32. The van der Waals surface area contributed by atoms with Crippen LogP contribution in [0.1, 0.15) is 49.9 Å². The molecule has 2 rings (SSSR count). The number of nitrogens with two attached hydrogens (primary N) is 1. The summed E-state index contributed by atoms with van der Waals surface area (Å²) in [7, 11) is 0. The minimum atomic E-state index is 0.241. The summed E-state index contributed by atoms with van der Waals surface area (Å²) in [4.78, 5) is 1.17. The van der Waals surface area contributed by atoms with Gasteiger partial charge in [0.25, 0.3) is 0 Å². The molecule has 4 nitrogen and oxygen atoms in total. The van der Waals surface area contributed by atoms with Crippen LogP contribution in [0.3, 0.4) is 0 Å². The van der Waals surface area contributed by atoms with Crippen molar-refractivity contribution in [3.05, 3.63) is 11.1 Å². The molecule has 1 heterocycles. The molecule has 0 aromatic carbocycles. The molecule has 0 saturated heterocycles. The third-order valence-corrected chi connectivity index (χ3v) is 4.53. The van der Waals surface area contributed by atoms with Gasteiger partial charge in [-0.05, 0) is 29.8 Å². The summed E-state index contributed by atoms with van der Waals surface area (Å²) in [6.07, 6.45) is 8.39. The topological polar surface area (TPSA) is 63.8 Å². The second-order valence-electron chi connectivity index (χ2n) is 4.58. The zero-order valence-corrected chi connectivity index (χ0v) is 10.5. The Labute approximate surface area is 101 Å². The molecule has 90 valence electrons. The first-order valence-corrected chi connectivity index (χ1v) is 6.87. The van der Waals surface area contributed by atoms with Crippen molar-refractivity contribution in [1.82, 2.24) is 15.0 Å². The molecule has 16 heavy (non-hydrogen) atoms. The van der Waals surface area contributed by atoms with Gasteiger partial charge in [-0.25, -0.2) is 0 Å². The van der Waals surface area contributed by atoms with Crippen LogP contribution in [0, 0.1) is 11.8 Å². The van der Waals surface area contributed by atoms with Crippen molar-refractivity contribution in [3.8, 4) is 0 Å². The molecule has 1 aromatic rings. The number of nitrogens with zero attached hydrogens (tertiary/aromatic N) is 2. The predicted molar refractivity (Wildman–Crippen MR) is 65.7 cm³/mol. The van der Waals surface area contributed by atoms with E-state index < -0.39 is 0 Å². The van der Waals surface area contributed by atoms with E-state index >= 15 is 0 Å². The van der Waals surface area contributed by atoms with E-state index in [0.717, 1.165) is 5.92 Å². The van der Waals surface area contributed by atoms with Crippen LogP contribution in [-0.2, 0) is 0 Å². The first kappa shape index (κ1) is 12.0. The van der Waals surface area contributed by atoms with Crippen molar-refractivity contribution in [1.29, 1.82) is 0 Å². The maximum absolute atomic E-state index is 5.71. The van der Waals surface area contributed by atoms with Gasteiger partial charge in [-0.3, -0.25) is 11.3 Å². The maximum atomic E-state index is 5.71. The molecule has 0 radical (unpaired) electrons. The molecular formula is C11H20N4S. The number of hydrogen-bond acceptors (Lipinski definition) is 5. The molecule has 1 saturated carbocycles. The Morgan fingerprint density at radius 2 is 2.38 bits per heavy atom. The van der Waals surface area contributed by atoms with E-state index in [1.165, 1.54) is 48.5 Å². The summed E-state index contributed by atoms with van der Waals surface area (Å²) in [6, 6.07) is 0.241. The molecule has 0 bridgehead atoms. The molecule has 1 aliphatic rings. The molecule has 0 amide bonds. The molecule has 3 unspecified atom stereocenters. The summed E-state index contributed by atoms with van der Waals surface area (Å²) >= 11 is 1.46. The van der Waals surface area contributed by atoms with Gasteiger partial charge in [-0.1, -0.05) is 37.1 Å². The molecule has 1 fully saturated rings. The minimum Gasteiger partial charge on any atom is -0.271 e. The second kappa shape index (κ2) is 5.70. The highest BCUT2D eigenvalue weighted by Crippen LogP contribution is 2.40. The van der Waals surface area contributed by atoms with E-state index in [1.54, 1.807) is 0 Å². The summed E-state index contributed by atoms with van der Waals surface area (Å²) in [5.41, 5.74) is 2.97. The highest BCUT2D eigenvalue weighted by atomic mass is 32.1. The smallest absolute Gasteiger partial charge is 0.0669 e. The van der Waals surface area contributed by atoms with Crippen LogP contribution >= 0.6 is 11.5 Å². The molecule has 1 aromatic heterocycles. The SMILES string of the molecule is CCC1CCCCC1C(NN)c1cnns1. The fraction of sp³-hybridized carbons (Fsp3) is 0.818. The quantitative estimate of drug-likeness (QED) is 0.626. The Balaban J connectivity index is 2.13. The standard InChI is InChI=1S/C11H20N4S/c1-2-8-5-3-4-6-9(8)11(14-12)10-7-13-15-16-10/h7-9,11,14H,2-6,12H2,1H3. The number of aromatic nitrogens is 2. The van der Waals surface area contributed by atoms with Gasteiger partial charge in [0.1, 0.15) is 0 Å². The van der Waals surface area contributed by atoms with Crippen molar-refractivity contribution in [2.75, 3.05) is 0 Å². The van der Waals surface area contributed by atoms with Crippen LogP contribution in [0.4, 0.5) is 0 Å². The summed E-state index contributed by atoms with van der Waals surface area (Å²) in [6.45, 7) is 2.28. The second-order valence-corrected chi connectivity index (χ2v) is 5.40. The van der Waals surface area contributed by atoms with E-state index in [1.807, 2.05) is 6.20 Å². The average molecular weight is 240 g/mol. The molecule has 0 spiro atoms. The van der Waals surface area contributed by atoms with E-state index in [4.69, 9.17) is 5.84 Å². The lowest BCUT2D eigenvalue weighted by molar-refractivity contribution is 0.177. The van der Waals surface area contributed by atoms with Crippen LogP contribution < -0.4 is 11.3 Å². The van der Waals surface area contributed by atoms with E-state index in [0.29, 0.717) is 5.92 Å². The van der Waals surface area contributed by atoms with Crippen LogP contribution in [0.5, 0.6) is 0 Å². The number of rotatable bonds is 4. The molecule has 3 N–H and O–H groups in total. The van der Waals surface area contributed by atoms with Crippen molar-refractivity contribution >= 4 is 11.5 Å². The Kier molecular flexibility index (Phi) is 4.26. The van der Waals surface area contributed by atoms with Gasteiger partial charge in [0, 0.05) is 0 Å². The van der Waals surface area contributed by atoms with Gasteiger partial charge < -0.3 is 0 Å². The fourth-order valence-corrected chi connectivity index (χ4v) is 3.55. The third-order valence-electron chi connectivity index (χ3n) is 3.78. The van der Waals surface area contributed by atoms with Crippen LogP contribution in [0.25, 0.3) is 0 Å². The van der Waals surface area contributed by atoms with Crippen LogP contribution in [-0.4, -0.2) is 9.59 Å². The van der Waals surface area contributed by atoms with Crippen molar-refractivity contribution in [2.45, 2.75) is 45.1 Å². The Morgan fingerprint density at radius 3 is 3.00 bits per heavy atom. The largest absolute Gasteiger partial charge is 0.271 e. The lowest BCUT2D eigenvalue weighted by Crippen LogP contribution is -2.37. The summed E-state index contributed by atoms with van der Waals surface area (Å²) in [5.74, 6) is 7.15. The van der Waals surface area contributed by atoms with Gasteiger partial charge in [0.15, 0.2) is 0 Å². The number of hydrogen-bond donors (Lipinski definition) is 2. The monoisotopic (exact) mass is 240 g/mol. The molecular weight excluding hydrogens is 220 g/mol. The number of hydrazine groups is 1. The lowest BCUT2D eigenvalue weighted by Gasteiger charge is -2.35. The van der Waals surface area contributed by atoms with Gasteiger partial charge in [0.2, 0.25) is 0 Å². The fourth-order valence-electron chi connectivity index (χ4n) is 2.91. The summed E-state index contributed by atoms with van der Waals surface area (Å²) in [5, 5.41) is 3.91. The van der Waals surface area contributed by atoms with Gasteiger partial charge in [0.05, 0.1) is 17.1 Å². The molecule has 0 aliphatic heterocycles. The van der Waals surface area contributed by atoms with E-state index in [-0.39, 0.29) is 6.04 Å². The first-order valence-electron chi connectivity index (χ1n) is 6.10. The molecule has 3 atom stereocenters. The first-order chi connectivity index (χ1) is 7.86. The zero-order valence-electron chi connectivity index (χ0n) is 9.72. The van der Waals surface area contributed by atoms with E-state index in [9.17, 15) is 0 Å². The zero-order chi connectivity index (χ0) is 11.4. The molecule has 1 aliphatic carbocycles. The van der Waals surface area contributed by atoms with Crippen molar-refractivity contribution < 1.29 is 0 Å². The van der Waals surface area contributed by atoms with E-state index in [2.05, 4.69) is 21.9 Å². The van der Waals surface area contributed by atoms with Crippen LogP contribution in [0.15, 0.2) is 6.20 Å². The molecule has 5 heteroatoms. The minimum absolute atomic E-state index is 0.241. The Hall–Kier alpha value is -0.520. The Bertz CT molecular complexity index is 301. The highest BCUT2D eigenvalue weighted by molar-refractivity contribution is 7.05.